The van der Waals surface area contributed by atoms with Crippen molar-refractivity contribution < 1.29 is 28.7 Å². The van der Waals surface area contributed by atoms with Crippen LogP contribution in [0.15, 0.2) is 18.2 Å². The largest absolute Gasteiger partial charge is 0.465 e. The Morgan fingerprint density at radius 1 is 1.17 bits per heavy atom. The van der Waals surface area contributed by atoms with Gasteiger partial charge in [0.25, 0.3) is 0 Å². The molecule has 160 valence electrons. The third-order valence-electron chi connectivity index (χ3n) is 5.41. The summed E-state index contributed by atoms with van der Waals surface area (Å²) in [6, 6.07) is 4.89. The number of ether oxygens (including phenoxy) is 3. The Morgan fingerprint density at radius 2 is 1.86 bits per heavy atom. The first-order chi connectivity index (χ1) is 13.9. The van der Waals surface area contributed by atoms with Crippen LogP contribution in [0.5, 0.6) is 11.5 Å². The molecule has 0 N–H and O–H groups in total. The maximum absolute atomic E-state index is 13.0. The summed E-state index contributed by atoms with van der Waals surface area (Å²) < 4.78 is 15.8. The molecule has 0 fully saturated rings. The van der Waals surface area contributed by atoms with E-state index in [9.17, 15) is 19.7 Å². The number of rotatable bonds is 12. The predicted molar refractivity (Wildman–Crippen MR) is 106 cm³/mol. The van der Waals surface area contributed by atoms with Gasteiger partial charge in [0.2, 0.25) is 13.3 Å². The fraction of sp³-hybridized carbons (Fsp3) is 0.619. The predicted octanol–water partition coefficient (Wildman–Crippen LogP) is 3.74. The first kappa shape index (κ1) is 22.6. The van der Waals surface area contributed by atoms with Gasteiger partial charge in [0.1, 0.15) is 11.7 Å². The molecular weight excluding hydrogens is 378 g/mol. The van der Waals surface area contributed by atoms with E-state index in [1.807, 2.05) is 0 Å². The third kappa shape index (κ3) is 5.92. The van der Waals surface area contributed by atoms with Crippen LogP contribution >= 0.6 is 0 Å². The molecule has 1 aromatic rings. The lowest BCUT2D eigenvalue weighted by Crippen LogP contribution is -2.35. The Bertz CT molecular complexity index is 730. The summed E-state index contributed by atoms with van der Waals surface area (Å²) in [6.45, 7) is 5.37. The van der Waals surface area contributed by atoms with E-state index in [4.69, 9.17) is 14.2 Å². The maximum atomic E-state index is 13.0. The molecule has 0 aromatic heterocycles. The second-order valence-corrected chi connectivity index (χ2v) is 7.15. The van der Waals surface area contributed by atoms with Gasteiger partial charge in [-0.1, -0.05) is 32.8 Å². The van der Waals surface area contributed by atoms with Gasteiger partial charge >= 0.3 is 5.97 Å². The van der Waals surface area contributed by atoms with Crippen LogP contribution in [0.3, 0.4) is 0 Å². The van der Waals surface area contributed by atoms with E-state index < -0.39 is 29.3 Å². The third-order valence-corrected chi connectivity index (χ3v) is 5.41. The van der Waals surface area contributed by atoms with E-state index in [1.54, 1.807) is 25.1 Å². The Labute approximate surface area is 170 Å². The summed E-state index contributed by atoms with van der Waals surface area (Å²) in [5.74, 6) is -1.85. The Hall–Kier alpha value is -2.64. The van der Waals surface area contributed by atoms with E-state index in [1.165, 1.54) is 0 Å². The van der Waals surface area contributed by atoms with Crippen molar-refractivity contribution in [2.75, 3.05) is 19.9 Å². The van der Waals surface area contributed by atoms with Gasteiger partial charge in [0, 0.05) is 11.3 Å². The second-order valence-electron chi connectivity index (χ2n) is 7.15. The molecule has 1 aliphatic rings. The Kier molecular flexibility index (Phi) is 8.42. The lowest BCUT2D eigenvalue weighted by Gasteiger charge is -2.23. The number of nitro groups is 1. The van der Waals surface area contributed by atoms with Crippen molar-refractivity contribution in [3.05, 3.63) is 33.9 Å². The summed E-state index contributed by atoms with van der Waals surface area (Å²) in [7, 11) is 0. The molecular formula is C21H29NO7. The summed E-state index contributed by atoms with van der Waals surface area (Å²) in [5.41, 5.74) is 0.486. The van der Waals surface area contributed by atoms with Gasteiger partial charge < -0.3 is 14.2 Å². The first-order valence-electron chi connectivity index (χ1n) is 10.1. The number of nitrogens with zero attached hydrogens (tertiary/aromatic N) is 1. The van der Waals surface area contributed by atoms with E-state index in [2.05, 4.69) is 13.8 Å². The molecule has 0 bridgehead atoms. The zero-order chi connectivity index (χ0) is 21.4. The average molecular weight is 407 g/mol. The van der Waals surface area contributed by atoms with Crippen LogP contribution < -0.4 is 9.47 Å². The minimum Gasteiger partial charge on any atom is -0.465 e. The molecule has 1 heterocycles. The number of benzene rings is 1. The highest BCUT2D eigenvalue weighted by Crippen LogP contribution is 2.37. The summed E-state index contributed by atoms with van der Waals surface area (Å²) in [5, 5.41) is 11.4. The number of esters is 1. The van der Waals surface area contributed by atoms with E-state index in [0.29, 0.717) is 29.4 Å². The van der Waals surface area contributed by atoms with Crippen molar-refractivity contribution >= 4 is 11.8 Å². The number of Topliss-reactive ketones (excluding diaryl/α,β-unsaturated/α-hetero) is 1. The van der Waals surface area contributed by atoms with Crippen LogP contribution in [0.1, 0.15) is 57.9 Å². The topological polar surface area (TPSA) is 105 Å². The van der Waals surface area contributed by atoms with Gasteiger partial charge in [0.05, 0.1) is 12.5 Å². The number of carbonyl (C=O) groups excluding carboxylic acids is 2. The zero-order valence-corrected chi connectivity index (χ0v) is 17.2. The molecule has 0 radical (unpaired) electrons. The van der Waals surface area contributed by atoms with Gasteiger partial charge in [-0.3, -0.25) is 19.7 Å². The number of fused-ring (bicyclic) bond motifs is 1. The highest BCUT2D eigenvalue weighted by atomic mass is 16.7. The van der Waals surface area contributed by atoms with E-state index in [0.717, 1.165) is 12.8 Å². The zero-order valence-electron chi connectivity index (χ0n) is 17.2. The monoisotopic (exact) mass is 407 g/mol. The molecule has 2 rings (SSSR count). The fourth-order valence-electron chi connectivity index (χ4n) is 3.66. The van der Waals surface area contributed by atoms with Gasteiger partial charge in [-0.2, -0.15) is 0 Å². The number of hydrogen-bond donors (Lipinski definition) is 0. The number of ketones is 1. The normalized spacial score (nSPS) is 14.5. The molecule has 29 heavy (non-hydrogen) atoms. The van der Waals surface area contributed by atoms with Crippen LogP contribution in [-0.2, 0) is 14.3 Å². The highest BCUT2D eigenvalue weighted by Gasteiger charge is 2.40. The van der Waals surface area contributed by atoms with Crippen molar-refractivity contribution in [3.63, 3.8) is 0 Å². The molecule has 0 saturated heterocycles. The van der Waals surface area contributed by atoms with Crippen LogP contribution in [0.2, 0.25) is 0 Å². The van der Waals surface area contributed by atoms with Crippen molar-refractivity contribution in [1.82, 2.24) is 0 Å². The van der Waals surface area contributed by atoms with Gasteiger partial charge in [-0.15, -0.1) is 0 Å². The van der Waals surface area contributed by atoms with Crippen molar-refractivity contribution in [2.45, 2.75) is 52.4 Å². The molecule has 1 aliphatic heterocycles. The smallest absolute Gasteiger partial charge is 0.317 e. The fourth-order valence-corrected chi connectivity index (χ4v) is 3.66. The molecule has 2 unspecified atom stereocenters. The van der Waals surface area contributed by atoms with Crippen molar-refractivity contribution in [3.8, 4) is 11.5 Å². The van der Waals surface area contributed by atoms with E-state index >= 15 is 0 Å². The molecule has 2 atom stereocenters. The van der Waals surface area contributed by atoms with Crippen LogP contribution in [0.25, 0.3) is 0 Å². The lowest BCUT2D eigenvalue weighted by molar-refractivity contribution is -0.484. The standard InChI is InChI=1S/C21H29NO7/c1-4-14(5-2)7-9-17(23)20(21(24)27-6-3)16(12-22(25)26)15-8-10-18-19(11-15)29-13-28-18/h8,10-11,14,16,20H,4-7,9,12-13H2,1-3H3. The molecule has 0 aliphatic carbocycles. The summed E-state index contributed by atoms with van der Waals surface area (Å²) >= 11 is 0. The van der Waals surface area contributed by atoms with E-state index in [-0.39, 0.29) is 25.6 Å². The molecule has 8 nitrogen and oxygen atoms in total. The minimum absolute atomic E-state index is 0.0638. The quantitative estimate of drug-likeness (QED) is 0.225. The van der Waals surface area contributed by atoms with Crippen molar-refractivity contribution in [1.29, 1.82) is 0 Å². The first-order valence-corrected chi connectivity index (χ1v) is 10.1. The van der Waals surface area contributed by atoms with Gasteiger partial charge in [-0.05, 0) is 37.0 Å². The Balaban J connectivity index is 2.34. The number of carbonyl (C=O) groups is 2. The summed E-state index contributed by atoms with van der Waals surface area (Å²) in [6.07, 6.45) is 2.71. The molecule has 1 aromatic carbocycles. The summed E-state index contributed by atoms with van der Waals surface area (Å²) in [4.78, 5) is 36.6. The minimum atomic E-state index is -1.23. The van der Waals surface area contributed by atoms with Crippen molar-refractivity contribution in [2.24, 2.45) is 11.8 Å². The molecule has 0 saturated carbocycles. The number of hydrogen-bond acceptors (Lipinski definition) is 7. The second kappa shape index (κ2) is 10.8. The van der Waals surface area contributed by atoms with Crippen LogP contribution in [0, 0.1) is 22.0 Å². The van der Waals surface area contributed by atoms with Crippen LogP contribution in [-0.4, -0.2) is 36.6 Å². The van der Waals surface area contributed by atoms with Gasteiger partial charge in [-0.25, -0.2) is 0 Å². The molecule has 0 amide bonds. The SMILES string of the molecule is CCOC(=O)C(C(=O)CCC(CC)CC)C(C[N+](=O)[O-])c1ccc2c(c1)OCO2. The maximum Gasteiger partial charge on any atom is 0.317 e. The highest BCUT2D eigenvalue weighted by molar-refractivity contribution is 6.00. The Morgan fingerprint density at radius 3 is 2.48 bits per heavy atom. The molecule has 0 spiro atoms. The van der Waals surface area contributed by atoms with Gasteiger partial charge in [0.15, 0.2) is 11.5 Å². The van der Waals surface area contributed by atoms with Crippen LogP contribution in [0.4, 0.5) is 0 Å². The average Bonchev–Trinajstić information content (AvgIpc) is 3.16. The molecule has 8 heteroatoms. The lowest BCUT2D eigenvalue weighted by atomic mass is 9.80.